The van der Waals surface area contributed by atoms with Crippen LogP contribution in [0.15, 0.2) is 0 Å². The quantitative estimate of drug-likeness (QED) is 0.516. The van der Waals surface area contributed by atoms with Crippen molar-refractivity contribution in [2.75, 3.05) is 0 Å². The van der Waals surface area contributed by atoms with Crippen molar-refractivity contribution < 1.29 is 32.9 Å². The summed E-state index contributed by atoms with van der Waals surface area (Å²) in [7, 11) is 0. The van der Waals surface area contributed by atoms with E-state index >= 15 is 0 Å². The van der Waals surface area contributed by atoms with Crippen LogP contribution in [0.5, 0.6) is 0 Å². The van der Waals surface area contributed by atoms with E-state index < -0.39 is 16.6 Å². The van der Waals surface area contributed by atoms with Crippen molar-refractivity contribution in [3.05, 3.63) is 0 Å². The van der Waals surface area contributed by atoms with Gasteiger partial charge in [0.1, 0.15) is 0 Å². The zero-order valence-corrected chi connectivity index (χ0v) is 4.13. The third-order valence-electron chi connectivity index (χ3n) is 0. The van der Waals surface area contributed by atoms with Gasteiger partial charge in [0.05, 0.1) is 0 Å². The van der Waals surface area contributed by atoms with Gasteiger partial charge in [0.25, 0.3) is 0 Å². The molecule has 42 valence electrons. The fraction of sp³-hybridized carbons (Fsp3) is 0. The number of rotatable bonds is 0. The average Bonchev–Trinajstić information content (AvgIpc) is 0.650. The van der Waals surface area contributed by atoms with E-state index in [2.05, 4.69) is 0 Å². The van der Waals surface area contributed by atoms with Gasteiger partial charge in [0.2, 0.25) is 0 Å². The zero-order valence-electron chi connectivity index (χ0n) is 2.27. The normalized spacial score (nSPS) is 19.2. The van der Waals surface area contributed by atoms with Crippen molar-refractivity contribution in [3.63, 3.8) is 0 Å². The van der Waals surface area contributed by atoms with Crippen LogP contribution in [-0.4, -0.2) is 0 Å². The third kappa shape index (κ3) is 522. The van der Waals surface area contributed by atoms with Gasteiger partial charge in [-0.05, 0) is 0 Å². The van der Waals surface area contributed by atoms with Gasteiger partial charge in [0.15, 0.2) is 0 Å². The van der Waals surface area contributed by atoms with E-state index in [9.17, 15) is 16.3 Å². The summed E-state index contributed by atoms with van der Waals surface area (Å²) in [4.78, 5) is 0. The summed E-state index contributed by atoms with van der Waals surface area (Å²) in [6, 6.07) is 0. The minimum absolute atomic E-state index is 9.05. The van der Waals surface area contributed by atoms with E-state index in [1.54, 1.807) is 0 Å². The number of hydrogen-bond acceptors (Lipinski definition) is 0. The summed E-state index contributed by atoms with van der Waals surface area (Å²) >= 11 is -9.05. The summed E-state index contributed by atoms with van der Waals surface area (Å²) in [5, 5.41) is 0. The van der Waals surface area contributed by atoms with Crippen LogP contribution in [0.2, 0.25) is 0 Å². The maximum absolute atomic E-state index is 9.89. The van der Waals surface area contributed by atoms with E-state index in [0.29, 0.717) is 0 Å². The molecule has 6 heteroatoms. The van der Waals surface area contributed by atoms with Crippen LogP contribution in [0, 0.1) is 0 Å². The first-order valence-corrected chi connectivity index (χ1v) is 4.23. The van der Waals surface area contributed by atoms with Crippen molar-refractivity contribution in [1.82, 2.24) is 0 Å². The summed E-state index contributed by atoms with van der Waals surface area (Å²) < 4.78 is 49.5. The van der Waals surface area contributed by atoms with Crippen LogP contribution in [0.25, 0.3) is 0 Å². The van der Waals surface area contributed by atoms with Crippen LogP contribution < -0.4 is 0 Å². The minimum atomic E-state index is -9.05. The van der Waals surface area contributed by atoms with Crippen LogP contribution >= 0.6 is 0 Å². The Morgan fingerprint density at radius 3 is 0.667 bits per heavy atom. The predicted molar refractivity (Wildman–Crippen MR) is 5.54 cm³/mol. The molecule has 0 nitrogen and oxygen atoms in total. The van der Waals surface area contributed by atoms with E-state index in [4.69, 9.17) is 0 Å². The van der Waals surface area contributed by atoms with Crippen molar-refractivity contribution in [2.45, 2.75) is 0 Å². The van der Waals surface area contributed by atoms with E-state index in [-0.39, 0.29) is 0 Å². The summed E-state index contributed by atoms with van der Waals surface area (Å²) in [6.07, 6.45) is 0. The van der Waals surface area contributed by atoms with Crippen LogP contribution in [-0.2, 0) is 16.6 Å². The molecule has 0 saturated carbocycles. The molecule has 0 aliphatic carbocycles. The molecule has 0 spiro atoms. The second kappa shape index (κ2) is 0.923. The van der Waals surface area contributed by atoms with Gasteiger partial charge in [-0.1, -0.05) is 0 Å². The molecule has 0 rings (SSSR count). The van der Waals surface area contributed by atoms with E-state index in [0.717, 1.165) is 0 Å². The van der Waals surface area contributed by atoms with Gasteiger partial charge in [-0.25, -0.2) is 0 Å². The Labute approximate surface area is 33.8 Å². The van der Waals surface area contributed by atoms with Gasteiger partial charge < -0.3 is 0 Å². The molecule has 0 atom stereocenters. The van der Waals surface area contributed by atoms with Crippen molar-refractivity contribution in [3.8, 4) is 0 Å². The van der Waals surface area contributed by atoms with Gasteiger partial charge in [0, 0.05) is 0 Å². The Kier molecular flexibility index (Phi) is 0.970. The van der Waals surface area contributed by atoms with Gasteiger partial charge in [-0.2, -0.15) is 0 Å². The Morgan fingerprint density at radius 1 is 0.667 bits per heavy atom. The standard InChI is InChI=1S/5FH.Tc/h5*1H;/q;;;;;+5/p-5. The monoisotopic (exact) mass is 192 g/mol. The second-order valence-electron chi connectivity index (χ2n) is 0.540. The molecule has 0 unspecified atom stereocenters. The molecule has 0 aliphatic rings. The molecule has 0 aromatic heterocycles. The molecular formula is F5Tc. The molecule has 0 heterocycles. The molecule has 0 amide bonds. The molecule has 0 aliphatic heterocycles. The Hall–Kier alpha value is 0.299. The molecule has 0 saturated heterocycles. The van der Waals surface area contributed by atoms with Gasteiger partial charge in [-0.15, -0.1) is 0 Å². The van der Waals surface area contributed by atoms with Gasteiger partial charge >= 0.3 is 32.9 Å². The summed E-state index contributed by atoms with van der Waals surface area (Å²) in [5.41, 5.74) is 0. The average molecular weight is 193 g/mol. The fourth-order valence-corrected chi connectivity index (χ4v) is 0. The van der Waals surface area contributed by atoms with E-state index in [1.165, 1.54) is 0 Å². The van der Waals surface area contributed by atoms with Crippen molar-refractivity contribution in [1.29, 1.82) is 0 Å². The van der Waals surface area contributed by atoms with E-state index in [1.807, 2.05) is 0 Å². The number of halogens is 5. The van der Waals surface area contributed by atoms with Gasteiger partial charge in [-0.3, -0.25) is 0 Å². The topological polar surface area (TPSA) is 0 Å². The Bertz CT molecular complexity index is 37.1. The molecule has 0 N–H and O–H groups in total. The molecule has 0 fully saturated rings. The van der Waals surface area contributed by atoms with Crippen LogP contribution in [0.3, 0.4) is 0 Å². The molecule has 0 aromatic rings. The maximum atomic E-state index is 9.89. The zero-order chi connectivity index (χ0) is 5.45. The summed E-state index contributed by atoms with van der Waals surface area (Å²) in [6.45, 7) is 0. The van der Waals surface area contributed by atoms with Crippen LogP contribution in [0.1, 0.15) is 0 Å². The molecular weight excluding hydrogens is 193 g/mol. The summed E-state index contributed by atoms with van der Waals surface area (Å²) in [5.74, 6) is 0. The molecule has 0 radical (unpaired) electrons. The van der Waals surface area contributed by atoms with Crippen molar-refractivity contribution in [2.24, 2.45) is 0 Å². The first-order chi connectivity index (χ1) is 2.24. The second-order valence-corrected chi connectivity index (χ2v) is 3.19. The molecule has 6 heavy (non-hydrogen) atoms. The first kappa shape index (κ1) is 6.30. The predicted octanol–water partition coefficient (Wildman–Crippen LogP) is 2.10. The molecule has 0 aromatic carbocycles. The van der Waals surface area contributed by atoms with Crippen LogP contribution in [0.4, 0.5) is 16.3 Å². The first-order valence-electron chi connectivity index (χ1n) is 0.714. The fourth-order valence-electron chi connectivity index (χ4n) is 0. The Morgan fingerprint density at radius 2 is 0.667 bits per heavy atom. The molecule has 0 bridgehead atoms. The van der Waals surface area contributed by atoms with Crippen molar-refractivity contribution >= 4 is 0 Å². The third-order valence-corrected chi connectivity index (χ3v) is 0. The number of hydrogen-bond donors (Lipinski definition) is 0. The SMILES string of the molecule is [F][Tc]([F])([F])([F])[F]. The Balaban J connectivity index is 3.73.